The second-order valence-electron chi connectivity index (χ2n) is 5.32. The largest absolute Gasteiger partial charge is 0.465 e. The Bertz CT molecular complexity index is 862. The van der Waals surface area contributed by atoms with Gasteiger partial charge in [0, 0.05) is 5.02 Å². The van der Waals surface area contributed by atoms with Crippen molar-refractivity contribution in [2.75, 3.05) is 7.11 Å². The minimum Gasteiger partial charge on any atom is -0.465 e. The van der Waals surface area contributed by atoms with Crippen molar-refractivity contribution in [2.24, 2.45) is 0 Å². The number of carbonyl (C=O) groups is 1. The Morgan fingerprint density at radius 1 is 1.22 bits per heavy atom. The van der Waals surface area contributed by atoms with Gasteiger partial charge in [-0.3, -0.25) is 0 Å². The van der Waals surface area contributed by atoms with Crippen LogP contribution in [0.1, 0.15) is 39.0 Å². The van der Waals surface area contributed by atoms with Crippen molar-refractivity contribution in [3.8, 4) is 6.07 Å². The normalized spacial score (nSPS) is 12.8. The van der Waals surface area contributed by atoms with Crippen molar-refractivity contribution in [1.29, 1.82) is 5.26 Å². The van der Waals surface area contributed by atoms with Crippen molar-refractivity contribution >= 4 is 23.1 Å². The van der Waals surface area contributed by atoms with E-state index >= 15 is 0 Å². The van der Waals surface area contributed by atoms with E-state index in [4.69, 9.17) is 16.3 Å². The highest BCUT2D eigenvalue weighted by molar-refractivity contribution is 6.30. The number of allylic oxidation sites excluding steroid dienone is 1. The van der Waals surface area contributed by atoms with Crippen molar-refractivity contribution < 1.29 is 9.53 Å². The predicted molar refractivity (Wildman–Crippen MR) is 89.3 cm³/mol. The molecule has 0 radical (unpaired) electrons. The zero-order valence-corrected chi connectivity index (χ0v) is 13.4. The van der Waals surface area contributed by atoms with Crippen LogP contribution < -0.4 is 0 Å². The maximum absolute atomic E-state index is 11.8. The summed E-state index contributed by atoms with van der Waals surface area (Å²) >= 11 is 5.99. The lowest BCUT2D eigenvalue weighted by Crippen LogP contribution is -2.07. The zero-order valence-electron chi connectivity index (χ0n) is 12.6. The van der Waals surface area contributed by atoms with Gasteiger partial charge in [-0.05, 0) is 59.4 Å². The lowest BCUT2D eigenvalue weighted by Gasteiger charge is -2.20. The number of aryl methyl sites for hydroxylation is 1. The third kappa shape index (κ3) is 2.86. The number of ether oxygens (including phenoxy) is 1. The fourth-order valence-electron chi connectivity index (χ4n) is 2.87. The number of benzene rings is 2. The first kappa shape index (κ1) is 15.3. The number of carbonyl (C=O) groups excluding carboxylic acids is 1. The number of nitriles is 1. The van der Waals surface area contributed by atoms with E-state index < -0.39 is 0 Å². The number of methoxy groups -OCH3 is 1. The van der Waals surface area contributed by atoms with E-state index in [0.29, 0.717) is 16.1 Å². The standard InChI is InChI=1S/C19H14ClNO2/c1-23-19(22)13-6-5-12-3-2-4-17(18(12)10-13)16-8-7-15(20)9-14(16)11-21/h4-10H,2-3H2,1H3. The van der Waals surface area contributed by atoms with Crippen LogP contribution in [0.2, 0.25) is 5.02 Å². The van der Waals surface area contributed by atoms with Crippen molar-refractivity contribution in [1.82, 2.24) is 0 Å². The average Bonchev–Trinajstić information content (AvgIpc) is 2.60. The van der Waals surface area contributed by atoms with Crippen LogP contribution in [0, 0.1) is 11.3 Å². The van der Waals surface area contributed by atoms with Gasteiger partial charge in [-0.15, -0.1) is 0 Å². The lowest BCUT2D eigenvalue weighted by molar-refractivity contribution is 0.0600. The molecule has 0 bridgehead atoms. The molecule has 2 aromatic carbocycles. The van der Waals surface area contributed by atoms with E-state index in [0.717, 1.165) is 35.1 Å². The fraction of sp³-hybridized carbons (Fsp3) is 0.158. The van der Waals surface area contributed by atoms with Crippen LogP contribution in [-0.4, -0.2) is 13.1 Å². The van der Waals surface area contributed by atoms with Gasteiger partial charge in [0.1, 0.15) is 0 Å². The van der Waals surface area contributed by atoms with E-state index in [2.05, 4.69) is 12.1 Å². The summed E-state index contributed by atoms with van der Waals surface area (Å²) < 4.78 is 4.80. The number of hydrogen-bond acceptors (Lipinski definition) is 3. The van der Waals surface area contributed by atoms with Crippen molar-refractivity contribution in [3.63, 3.8) is 0 Å². The molecule has 0 saturated carbocycles. The Hall–Kier alpha value is -2.57. The maximum atomic E-state index is 11.8. The minimum absolute atomic E-state index is 0.366. The Balaban J connectivity index is 2.16. The van der Waals surface area contributed by atoms with Gasteiger partial charge in [0.15, 0.2) is 0 Å². The summed E-state index contributed by atoms with van der Waals surface area (Å²) in [6.07, 6.45) is 3.91. The molecule has 114 valence electrons. The molecule has 4 heteroatoms. The summed E-state index contributed by atoms with van der Waals surface area (Å²) in [6.45, 7) is 0. The smallest absolute Gasteiger partial charge is 0.337 e. The molecule has 0 atom stereocenters. The third-order valence-electron chi connectivity index (χ3n) is 3.98. The van der Waals surface area contributed by atoms with Crippen LogP contribution in [-0.2, 0) is 11.2 Å². The molecule has 0 N–H and O–H groups in total. The highest BCUT2D eigenvalue weighted by Crippen LogP contribution is 2.34. The average molecular weight is 324 g/mol. The van der Waals surface area contributed by atoms with E-state index in [1.54, 1.807) is 18.2 Å². The number of halogens is 1. The van der Waals surface area contributed by atoms with Gasteiger partial charge in [-0.25, -0.2) is 4.79 Å². The Morgan fingerprint density at radius 3 is 2.78 bits per heavy atom. The summed E-state index contributed by atoms with van der Waals surface area (Å²) in [5, 5.41) is 9.93. The van der Waals surface area contributed by atoms with Gasteiger partial charge < -0.3 is 4.74 Å². The number of nitrogens with zero attached hydrogens (tertiary/aromatic N) is 1. The lowest BCUT2D eigenvalue weighted by atomic mass is 9.84. The van der Waals surface area contributed by atoms with Gasteiger partial charge in [-0.2, -0.15) is 5.26 Å². The quantitative estimate of drug-likeness (QED) is 0.771. The molecular weight excluding hydrogens is 310 g/mol. The van der Waals surface area contributed by atoms with Gasteiger partial charge in [-0.1, -0.05) is 29.8 Å². The Labute approximate surface area is 139 Å². The summed E-state index contributed by atoms with van der Waals surface area (Å²) in [5.74, 6) is -0.366. The van der Waals surface area contributed by atoms with Gasteiger partial charge >= 0.3 is 5.97 Å². The Kier molecular flexibility index (Phi) is 4.18. The van der Waals surface area contributed by atoms with Crippen LogP contribution in [0.15, 0.2) is 42.5 Å². The van der Waals surface area contributed by atoms with Crippen LogP contribution >= 0.6 is 11.6 Å². The first-order valence-electron chi connectivity index (χ1n) is 7.26. The monoisotopic (exact) mass is 323 g/mol. The van der Waals surface area contributed by atoms with Gasteiger partial charge in [0.25, 0.3) is 0 Å². The summed E-state index contributed by atoms with van der Waals surface area (Å²) in [5.41, 5.74) is 4.96. The van der Waals surface area contributed by atoms with Gasteiger partial charge in [0.2, 0.25) is 0 Å². The number of fused-ring (bicyclic) bond motifs is 1. The molecule has 0 unspecified atom stereocenters. The summed E-state index contributed by atoms with van der Waals surface area (Å²) in [4.78, 5) is 11.8. The van der Waals surface area contributed by atoms with Crippen molar-refractivity contribution in [2.45, 2.75) is 12.8 Å². The van der Waals surface area contributed by atoms with Crippen LogP contribution in [0.25, 0.3) is 5.57 Å². The topological polar surface area (TPSA) is 50.1 Å². The van der Waals surface area contributed by atoms with E-state index in [-0.39, 0.29) is 5.97 Å². The molecule has 0 aliphatic heterocycles. The van der Waals surface area contributed by atoms with Gasteiger partial charge in [0.05, 0.1) is 24.3 Å². The molecule has 1 aliphatic rings. The highest BCUT2D eigenvalue weighted by atomic mass is 35.5. The number of rotatable bonds is 2. The second kappa shape index (κ2) is 6.28. The molecule has 0 fully saturated rings. The molecule has 2 aromatic rings. The summed E-state index contributed by atoms with van der Waals surface area (Å²) in [6, 6.07) is 13.1. The molecule has 0 amide bonds. The first-order chi connectivity index (χ1) is 11.1. The molecule has 0 heterocycles. The zero-order chi connectivity index (χ0) is 16.4. The molecule has 0 aromatic heterocycles. The second-order valence-corrected chi connectivity index (χ2v) is 5.76. The SMILES string of the molecule is COC(=O)c1ccc2c(c1)C(c1ccc(Cl)cc1C#N)=CCC2. The summed E-state index contributed by atoms with van der Waals surface area (Å²) in [7, 11) is 1.37. The number of hydrogen-bond donors (Lipinski definition) is 0. The number of esters is 1. The van der Waals surface area contributed by atoms with Crippen LogP contribution in [0.3, 0.4) is 0 Å². The third-order valence-corrected chi connectivity index (χ3v) is 4.21. The molecule has 0 spiro atoms. The minimum atomic E-state index is -0.366. The molecule has 0 saturated heterocycles. The highest BCUT2D eigenvalue weighted by Gasteiger charge is 2.19. The molecule has 23 heavy (non-hydrogen) atoms. The first-order valence-corrected chi connectivity index (χ1v) is 7.63. The van der Waals surface area contributed by atoms with E-state index in [1.807, 2.05) is 18.2 Å². The predicted octanol–water partition coefficient (Wildman–Crippen LogP) is 4.38. The van der Waals surface area contributed by atoms with Crippen molar-refractivity contribution in [3.05, 3.63) is 75.3 Å². The molecule has 1 aliphatic carbocycles. The molecule has 3 rings (SSSR count). The maximum Gasteiger partial charge on any atom is 0.337 e. The molecular formula is C19H14ClNO2. The van der Waals surface area contributed by atoms with E-state index in [1.165, 1.54) is 7.11 Å². The van der Waals surface area contributed by atoms with Crippen LogP contribution in [0.4, 0.5) is 0 Å². The fourth-order valence-corrected chi connectivity index (χ4v) is 3.04. The Morgan fingerprint density at radius 2 is 2.04 bits per heavy atom. The molecule has 3 nitrogen and oxygen atoms in total. The van der Waals surface area contributed by atoms with E-state index in [9.17, 15) is 10.1 Å². The van der Waals surface area contributed by atoms with Crippen LogP contribution in [0.5, 0.6) is 0 Å².